The van der Waals surface area contributed by atoms with Crippen molar-refractivity contribution in [3.05, 3.63) is 0 Å². The normalized spacial score (nSPS) is 10.5. The summed E-state index contributed by atoms with van der Waals surface area (Å²) in [6.45, 7) is 1.81. The van der Waals surface area contributed by atoms with Crippen molar-refractivity contribution in [2.75, 3.05) is 33.5 Å². The van der Waals surface area contributed by atoms with Gasteiger partial charge in [-0.15, -0.1) is 0 Å². The molecule has 0 aromatic heterocycles. The highest BCUT2D eigenvalue weighted by Crippen LogP contribution is 1.92. The Labute approximate surface area is 55.4 Å². The largest absolute Gasteiger partial charge is 0.314 e. The molecule has 0 bridgehead atoms. The molecule has 50 valence electrons. The van der Waals surface area contributed by atoms with Gasteiger partial charge in [-0.05, 0) is 26.1 Å². The maximum absolute atomic E-state index is 5.02. The average molecular weight is 135 g/mol. The molecule has 0 radical (unpaired) electrons. The Morgan fingerprint density at radius 2 is 2.12 bits per heavy atom. The molecular formula is C5H13NOS. The first-order valence-electron chi connectivity index (χ1n) is 2.57. The second-order valence-electron chi connectivity index (χ2n) is 1.79. The van der Waals surface area contributed by atoms with Crippen LogP contribution in [0.4, 0.5) is 0 Å². The molecule has 0 aromatic rings. The molecule has 0 aliphatic heterocycles. The van der Waals surface area contributed by atoms with Crippen molar-refractivity contribution < 1.29 is 4.18 Å². The van der Waals surface area contributed by atoms with E-state index in [1.54, 1.807) is 0 Å². The fraction of sp³-hybridized carbons (Fsp3) is 1.00. The van der Waals surface area contributed by atoms with Gasteiger partial charge in [-0.3, -0.25) is 0 Å². The Morgan fingerprint density at radius 3 is 2.50 bits per heavy atom. The fourth-order valence-electron chi connectivity index (χ4n) is 0.303. The second kappa shape index (κ2) is 5.41. The SMILES string of the molecule is CSOCCN(C)C. The van der Waals surface area contributed by atoms with Crippen LogP contribution in [-0.2, 0) is 4.18 Å². The number of rotatable bonds is 4. The first-order chi connectivity index (χ1) is 3.77. The van der Waals surface area contributed by atoms with Crippen LogP contribution in [0.5, 0.6) is 0 Å². The molecule has 0 amide bonds. The molecule has 0 atom stereocenters. The fourth-order valence-corrected chi connectivity index (χ4v) is 0.544. The smallest absolute Gasteiger partial charge is 0.0740 e. The lowest BCUT2D eigenvalue weighted by Crippen LogP contribution is -2.16. The van der Waals surface area contributed by atoms with Crippen LogP contribution in [0.15, 0.2) is 0 Å². The van der Waals surface area contributed by atoms with Crippen molar-refractivity contribution in [1.82, 2.24) is 4.90 Å². The van der Waals surface area contributed by atoms with E-state index in [1.165, 1.54) is 12.0 Å². The van der Waals surface area contributed by atoms with Crippen LogP contribution in [0.1, 0.15) is 0 Å². The van der Waals surface area contributed by atoms with Gasteiger partial charge >= 0.3 is 0 Å². The van der Waals surface area contributed by atoms with E-state index in [4.69, 9.17) is 4.18 Å². The van der Waals surface area contributed by atoms with Crippen molar-refractivity contribution in [1.29, 1.82) is 0 Å². The van der Waals surface area contributed by atoms with Crippen molar-refractivity contribution >= 4 is 12.0 Å². The molecule has 0 rings (SSSR count). The van der Waals surface area contributed by atoms with Crippen LogP contribution in [0, 0.1) is 0 Å². The number of nitrogens with zero attached hydrogens (tertiary/aromatic N) is 1. The lowest BCUT2D eigenvalue weighted by atomic mass is 10.6. The molecule has 0 saturated heterocycles. The van der Waals surface area contributed by atoms with E-state index in [-0.39, 0.29) is 0 Å². The number of hydrogen-bond donors (Lipinski definition) is 0. The van der Waals surface area contributed by atoms with Crippen molar-refractivity contribution in [2.45, 2.75) is 0 Å². The molecule has 0 heterocycles. The van der Waals surface area contributed by atoms with Gasteiger partial charge in [0, 0.05) is 12.8 Å². The van der Waals surface area contributed by atoms with Crippen molar-refractivity contribution in [3.8, 4) is 0 Å². The van der Waals surface area contributed by atoms with E-state index in [0.29, 0.717) is 0 Å². The summed E-state index contributed by atoms with van der Waals surface area (Å²) in [6.07, 6.45) is 1.93. The van der Waals surface area contributed by atoms with Gasteiger partial charge in [0.25, 0.3) is 0 Å². The van der Waals surface area contributed by atoms with Gasteiger partial charge in [0.2, 0.25) is 0 Å². The van der Waals surface area contributed by atoms with Gasteiger partial charge < -0.3 is 9.08 Å². The van der Waals surface area contributed by atoms with E-state index in [0.717, 1.165) is 13.2 Å². The Balaban J connectivity index is 2.72. The predicted molar refractivity (Wildman–Crippen MR) is 38.0 cm³/mol. The highest BCUT2D eigenvalue weighted by molar-refractivity contribution is 7.93. The molecular weight excluding hydrogens is 122 g/mol. The second-order valence-corrected chi connectivity index (χ2v) is 2.36. The van der Waals surface area contributed by atoms with E-state index >= 15 is 0 Å². The van der Waals surface area contributed by atoms with Crippen LogP contribution < -0.4 is 0 Å². The van der Waals surface area contributed by atoms with E-state index < -0.39 is 0 Å². The van der Waals surface area contributed by atoms with Crippen LogP contribution in [0.25, 0.3) is 0 Å². The molecule has 0 saturated carbocycles. The van der Waals surface area contributed by atoms with Crippen molar-refractivity contribution in [2.24, 2.45) is 0 Å². The molecule has 0 unspecified atom stereocenters. The summed E-state index contributed by atoms with van der Waals surface area (Å²) < 4.78 is 5.02. The molecule has 0 N–H and O–H groups in total. The summed E-state index contributed by atoms with van der Waals surface area (Å²) >= 11 is 1.42. The number of hydrogen-bond acceptors (Lipinski definition) is 3. The van der Waals surface area contributed by atoms with Crippen LogP contribution in [0.3, 0.4) is 0 Å². The van der Waals surface area contributed by atoms with Gasteiger partial charge in [-0.2, -0.15) is 0 Å². The summed E-state index contributed by atoms with van der Waals surface area (Å²) in [5.74, 6) is 0. The van der Waals surface area contributed by atoms with Gasteiger partial charge in [0.05, 0.1) is 6.61 Å². The Bertz CT molecular complexity index is 49.7. The van der Waals surface area contributed by atoms with Gasteiger partial charge in [-0.1, -0.05) is 0 Å². The summed E-state index contributed by atoms with van der Waals surface area (Å²) in [4.78, 5) is 2.09. The maximum atomic E-state index is 5.02. The van der Waals surface area contributed by atoms with Gasteiger partial charge in [-0.25, -0.2) is 0 Å². The lowest BCUT2D eigenvalue weighted by molar-refractivity contribution is 0.294. The average Bonchev–Trinajstić information content (AvgIpc) is 1.66. The first-order valence-corrected chi connectivity index (χ1v) is 3.72. The molecule has 0 fully saturated rings. The summed E-state index contributed by atoms with van der Waals surface area (Å²) in [5, 5.41) is 0. The standard InChI is InChI=1S/C5H13NOS/c1-6(2)4-5-7-8-3/h4-5H2,1-3H3. The topological polar surface area (TPSA) is 12.5 Å². The zero-order valence-corrected chi connectivity index (χ0v) is 6.49. The molecule has 0 spiro atoms. The van der Waals surface area contributed by atoms with Crippen LogP contribution in [-0.4, -0.2) is 38.4 Å². The Hall–Kier alpha value is 0.270. The monoisotopic (exact) mass is 135 g/mol. The minimum absolute atomic E-state index is 0.814. The zero-order valence-electron chi connectivity index (χ0n) is 5.68. The van der Waals surface area contributed by atoms with E-state index in [1.807, 2.05) is 20.4 Å². The third-order valence-electron chi connectivity index (χ3n) is 0.740. The predicted octanol–water partition coefficient (Wildman–Crippen LogP) is 0.843. The molecule has 8 heavy (non-hydrogen) atoms. The summed E-state index contributed by atoms with van der Waals surface area (Å²) in [6, 6.07) is 0. The number of likely N-dealkylation sites (N-methyl/N-ethyl adjacent to an activating group) is 1. The van der Waals surface area contributed by atoms with Gasteiger partial charge in [0.15, 0.2) is 0 Å². The van der Waals surface area contributed by atoms with Gasteiger partial charge in [0.1, 0.15) is 0 Å². The van der Waals surface area contributed by atoms with Crippen LogP contribution in [0.2, 0.25) is 0 Å². The minimum atomic E-state index is 0.814. The molecule has 0 aliphatic carbocycles. The van der Waals surface area contributed by atoms with Crippen molar-refractivity contribution in [3.63, 3.8) is 0 Å². The van der Waals surface area contributed by atoms with E-state index in [2.05, 4.69) is 4.90 Å². The first kappa shape index (κ1) is 8.27. The Morgan fingerprint density at radius 1 is 1.50 bits per heavy atom. The van der Waals surface area contributed by atoms with Crippen LogP contribution >= 0.6 is 12.0 Å². The summed E-state index contributed by atoms with van der Waals surface area (Å²) in [5.41, 5.74) is 0. The molecule has 3 heteroatoms. The molecule has 2 nitrogen and oxygen atoms in total. The third-order valence-corrected chi connectivity index (χ3v) is 1.14. The molecule has 0 aromatic carbocycles. The quantitative estimate of drug-likeness (QED) is 0.419. The minimum Gasteiger partial charge on any atom is -0.314 e. The third kappa shape index (κ3) is 6.27. The lowest BCUT2D eigenvalue weighted by Gasteiger charge is -2.06. The highest BCUT2D eigenvalue weighted by atomic mass is 32.2. The maximum Gasteiger partial charge on any atom is 0.0740 e. The summed E-state index contributed by atoms with van der Waals surface area (Å²) in [7, 11) is 4.06. The highest BCUT2D eigenvalue weighted by Gasteiger charge is 1.86. The molecule has 0 aliphatic rings. The Kier molecular flexibility index (Phi) is 5.59. The van der Waals surface area contributed by atoms with E-state index in [9.17, 15) is 0 Å². The zero-order chi connectivity index (χ0) is 6.41.